The van der Waals surface area contributed by atoms with Crippen LogP contribution < -0.4 is 4.90 Å². The molecule has 37 heavy (non-hydrogen) atoms. The van der Waals surface area contributed by atoms with E-state index in [2.05, 4.69) is 27.1 Å². The molecule has 0 unspecified atom stereocenters. The molecule has 7 nitrogen and oxygen atoms in total. The van der Waals surface area contributed by atoms with Crippen LogP contribution in [0.3, 0.4) is 0 Å². The molecule has 8 heteroatoms. The molecule has 0 atom stereocenters. The van der Waals surface area contributed by atoms with Crippen LogP contribution in [0.15, 0.2) is 53.2 Å². The number of halogens is 1. The summed E-state index contributed by atoms with van der Waals surface area (Å²) in [5, 5.41) is 6.09. The number of hydrogen-bond donors (Lipinski definition) is 0. The third-order valence-electron chi connectivity index (χ3n) is 7.69. The number of carbonyl (C=O) groups is 1. The highest BCUT2D eigenvalue weighted by Crippen LogP contribution is 2.45. The fraction of sp³-hybridized carbons (Fsp3) is 0.379. The topological polar surface area (TPSA) is 63.7 Å². The molecule has 3 heterocycles. The zero-order valence-corrected chi connectivity index (χ0v) is 22.0. The normalized spacial score (nSPS) is 16.5. The number of piperazine rings is 1. The number of fused-ring (bicyclic) bond motifs is 1. The van der Waals surface area contributed by atoms with Crippen LogP contribution in [0.1, 0.15) is 40.4 Å². The summed E-state index contributed by atoms with van der Waals surface area (Å²) >= 11 is 6.51. The molecular weight excluding hydrogens is 488 g/mol. The molecule has 2 aromatic heterocycles. The summed E-state index contributed by atoms with van der Waals surface area (Å²) in [6, 6.07) is 14.2. The summed E-state index contributed by atoms with van der Waals surface area (Å²) in [4.78, 5) is 17.1. The van der Waals surface area contributed by atoms with Crippen molar-refractivity contribution in [2.24, 2.45) is 7.05 Å². The number of nitrogens with zero attached hydrogens (tertiary/aromatic N) is 4. The lowest BCUT2D eigenvalue weighted by Crippen LogP contribution is -2.47. The highest BCUT2D eigenvalue weighted by Gasteiger charge is 2.33. The first-order valence-electron chi connectivity index (χ1n) is 12.9. The first-order valence-corrected chi connectivity index (χ1v) is 13.3. The van der Waals surface area contributed by atoms with E-state index in [4.69, 9.17) is 20.9 Å². The van der Waals surface area contributed by atoms with Gasteiger partial charge in [0.2, 0.25) is 0 Å². The number of benzene rings is 2. The van der Waals surface area contributed by atoms with Crippen LogP contribution in [0.4, 0.5) is 5.69 Å². The number of hydrogen-bond acceptors (Lipinski definition) is 6. The molecule has 2 aliphatic rings. The minimum atomic E-state index is -0.303. The van der Waals surface area contributed by atoms with Crippen LogP contribution in [-0.4, -0.2) is 60.4 Å². The predicted octanol–water partition coefficient (Wildman–Crippen LogP) is 5.52. The maximum Gasteiger partial charge on any atom is 0.340 e. The Balaban J connectivity index is 1.13. The van der Waals surface area contributed by atoms with Crippen LogP contribution in [0.2, 0.25) is 5.02 Å². The smallest absolute Gasteiger partial charge is 0.340 e. The van der Waals surface area contributed by atoms with E-state index >= 15 is 0 Å². The van der Waals surface area contributed by atoms with Crippen LogP contribution in [-0.2, 0) is 18.2 Å². The highest BCUT2D eigenvalue weighted by molar-refractivity contribution is 6.33. The second kappa shape index (κ2) is 9.88. The second-order valence-corrected chi connectivity index (χ2v) is 10.5. The molecule has 1 aliphatic heterocycles. The van der Waals surface area contributed by atoms with E-state index in [1.54, 1.807) is 0 Å². The van der Waals surface area contributed by atoms with E-state index in [0.717, 1.165) is 67.1 Å². The molecule has 0 spiro atoms. The van der Waals surface area contributed by atoms with Crippen LogP contribution in [0, 0.1) is 0 Å². The van der Waals surface area contributed by atoms with Gasteiger partial charge in [-0.25, -0.2) is 4.79 Å². The van der Waals surface area contributed by atoms with Crippen molar-refractivity contribution in [1.82, 2.24) is 14.6 Å². The molecule has 4 aromatic rings. The van der Waals surface area contributed by atoms with E-state index < -0.39 is 0 Å². The minimum Gasteiger partial charge on any atom is -0.465 e. The van der Waals surface area contributed by atoms with Crippen molar-refractivity contribution in [3.05, 3.63) is 70.6 Å². The fourth-order valence-electron chi connectivity index (χ4n) is 5.44. The molecule has 0 amide bonds. The van der Waals surface area contributed by atoms with E-state index in [-0.39, 0.29) is 5.97 Å². The summed E-state index contributed by atoms with van der Waals surface area (Å²) in [5.41, 5.74) is 5.88. The maximum absolute atomic E-state index is 12.1. The second-order valence-electron chi connectivity index (χ2n) is 10.1. The first kappa shape index (κ1) is 24.1. The molecule has 0 radical (unpaired) electrons. The number of aryl methyl sites for hydroxylation is 1. The quantitative estimate of drug-likeness (QED) is 0.300. The molecule has 1 saturated carbocycles. The van der Waals surface area contributed by atoms with Gasteiger partial charge in [0.15, 0.2) is 0 Å². The van der Waals surface area contributed by atoms with Gasteiger partial charge in [-0.2, -0.15) is 0 Å². The third-order valence-corrected chi connectivity index (χ3v) is 8.02. The van der Waals surface area contributed by atoms with Crippen molar-refractivity contribution in [2.45, 2.75) is 25.2 Å². The molecule has 0 N–H and O–H groups in total. The highest BCUT2D eigenvalue weighted by atomic mass is 35.5. The fourth-order valence-corrected chi connectivity index (χ4v) is 5.66. The molecule has 1 aliphatic carbocycles. The van der Waals surface area contributed by atoms with Gasteiger partial charge in [0.05, 0.1) is 23.2 Å². The Kier molecular flexibility index (Phi) is 6.42. The standard InChI is InChI=1S/C29H31ClN4O3/c1-32-18-24(29(35)36-2)21-10-9-20(17-26(21)32)34-15-13-33(14-16-34)12-11-23-27(22-5-3-4-6-25(22)30)31-37-28(23)19-7-8-19/h3-6,9-10,17-19H,7-8,11-16H2,1-2H3. The predicted molar refractivity (Wildman–Crippen MR) is 146 cm³/mol. The Morgan fingerprint density at radius 3 is 2.65 bits per heavy atom. The van der Waals surface area contributed by atoms with Crippen molar-refractivity contribution in [3.8, 4) is 11.3 Å². The number of methoxy groups -OCH3 is 1. The SMILES string of the molecule is COC(=O)c1cn(C)c2cc(N3CCN(CCc4c(-c5ccccc5Cl)noc4C4CC4)CC3)ccc12. The van der Waals surface area contributed by atoms with Gasteiger partial charge >= 0.3 is 5.97 Å². The summed E-state index contributed by atoms with van der Waals surface area (Å²) in [7, 11) is 3.39. The molecule has 2 fully saturated rings. The van der Waals surface area contributed by atoms with E-state index in [1.165, 1.54) is 31.2 Å². The summed E-state index contributed by atoms with van der Waals surface area (Å²) in [5.74, 6) is 1.25. The van der Waals surface area contributed by atoms with Gasteiger partial charge in [0.25, 0.3) is 0 Å². The summed E-state index contributed by atoms with van der Waals surface area (Å²) < 4.78 is 12.8. The molecule has 1 saturated heterocycles. The molecule has 2 aromatic carbocycles. The van der Waals surface area contributed by atoms with Gasteiger partial charge in [-0.15, -0.1) is 0 Å². The molecule has 192 valence electrons. The van der Waals surface area contributed by atoms with Crippen LogP contribution in [0.25, 0.3) is 22.2 Å². The van der Waals surface area contributed by atoms with E-state index in [1.807, 2.05) is 48.1 Å². The average molecular weight is 519 g/mol. The van der Waals surface area contributed by atoms with Gasteiger partial charge in [0.1, 0.15) is 11.5 Å². The van der Waals surface area contributed by atoms with Crippen LogP contribution >= 0.6 is 11.6 Å². The number of esters is 1. The number of carbonyl (C=O) groups excluding carboxylic acids is 1. The van der Waals surface area contributed by atoms with Gasteiger partial charge in [-0.1, -0.05) is 35.0 Å². The van der Waals surface area contributed by atoms with Crippen molar-refractivity contribution in [2.75, 3.05) is 44.7 Å². The third kappa shape index (κ3) is 4.62. The zero-order chi connectivity index (χ0) is 25.5. The lowest BCUT2D eigenvalue weighted by atomic mass is 10.0. The number of ether oxygens (including phenoxy) is 1. The van der Waals surface area contributed by atoms with Gasteiger partial charge in [0, 0.05) is 74.1 Å². The Morgan fingerprint density at radius 2 is 1.92 bits per heavy atom. The van der Waals surface area contributed by atoms with Crippen molar-refractivity contribution in [1.29, 1.82) is 0 Å². The van der Waals surface area contributed by atoms with Crippen molar-refractivity contribution in [3.63, 3.8) is 0 Å². The first-order chi connectivity index (χ1) is 18.0. The van der Waals surface area contributed by atoms with Crippen LogP contribution in [0.5, 0.6) is 0 Å². The van der Waals surface area contributed by atoms with E-state index in [9.17, 15) is 4.79 Å². The van der Waals surface area contributed by atoms with Crippen molar-refractivity contribution >= 4 is 34.2 Å². The monoisotopic (exact) mass is 518 g/mol. The molecular formula is C29H31ClN4O3. The lowest BCUT2D eigenvalue weighted by molar-refractivity contribution is 0.0602. The average Bonchev–Trinajstić information content (AvgIpc) is 3.61. The summed E-state index contributed by atoms with van der Waals surface area (Å²) in [6.45, 7) is 4.85. The van der Waals surface area contributed by atoms with Crippen molar-refractivity contribution < 1.29 is 14.1 Å². The molecule has 0 bridgehead atoms. The molecule has 6 rings (SSSR count). The maximum atomic E-state index is 12.1. The van der Waals surface area contributed by atoms with Gasteiger partial charge < -0.3 is 18.7 Å². The number of rotatable bonds is 7. The number of aromatic nitrogens is 2. The van der Waals surface area contributed by atoms with Gasteiger partial charge in [-0.05, 0) is 43.5 Å². The summed E-state index contributed by atoms with van der Waals surface area (Å²) in [6.07, 6.45) is 5.10. The van der Waals surface area contributed by atoms with E-state index in [0.29, 0.717) is 16.5 Å². The Labute approximate surface area is 221 Å². The lowest BCUT2D eigenvalue weighted by Gasteiger charge is -2.36. The Bertz CT molecular complexity index is 1450. The minimum absolute atomic E-state index is 0.303. The Morgan fingerprint density at radius 1 is 1.14 bits per heavy atom. The largest absolute Gasteiger partial charge is 0.465 e. The van der Waals surface area contributed by atoms with Gasteiger partial charge in [-0.3, -0.25) is 4.90 Å². The zero-order valence-electron chi connectivity index (χ0n) is 21.2. The Hall–Kier alpha value is -3.29. The number of anilines is 1.